The van der Waals surface area contributed by atoms with Crippen LogP contribution in [0.3, 0.4) is 0 Å². The van der Waals surface area contributed by atoms with Crippen LogP contribution in [0.15, 0.2) is 59.1 Å². The summed E-state index contributed by atoms with van der Waals surface area (Å²) in [6.45, 7) is 1.44. The highest BCUT2D eigenvalue weighted by atomic mass is 79.9. The summed E-state index contributed by atoms with van der Waals surface area (Å²) in [5.41, 5.74) is 3.09. The summed E-state index contributed by atoms with van der Waals surface area (Å²) in [5.74, 6) is 0.402. The number of anilines is 1. The van der Waals surface area contributed by atoms with Gasteiger partial charge < -0.3 is 4.74 Å². The maximum absolute atomic E-state index is 13.0. The van der Waals surface area contributed by atoms with Gasteiger partial charge in [0.15, 0.2) is 0 Å². The van der Waals surface area contributed by atoms with Gasteiger partial charge in [-0.05, 0) is 54.0 Å². The van der Waals surface area contributed by atoms with Crippen LogP contribution in [-0.4, -0.2) is 43.0 Å². The van der Waals surface area contributed by atoms with Crippen LogP contribution >= 0.6 is 15.9 Å². The maximum Gasteiger partial charge on any atom is 0.251 e. The van der Waals surface area contributed by atoms with Gasteiger partial charge in [-0.2, -0.15) is 0 Å². The number of halogens is 1. The number of hydrogen-bond donors (Lipinski definition) is 0. The fourth-order valence-corrected chi connectivity index (χ4v) is 4.06. The molecule has 0 radical (unpaired) electrons. The fourth-order valence-electron chi connectivity index (χ4n) is 3.80. The van der Waals surface area contributed by atoms with Crippen LogP contribution in [0.25, 0.3) is 5.57 Å². The Bertz CT molecular complexity index is 922. The Labute approximate surface area is 172 Å². The lowest BCUT2D eigenvalue weighted by atomic mass is 9.98. The third-order valence-corrected chi connectivity index (χ3v) is 5.88. The monoisotopic (exact) mass is 440 g/mol. The number of carbonyl (C=O) groups excluding carboxylic acids is 2. The highest BCUT2D eigenvalue weighted by Gasteiger charge is 2.42. The molecule has 2 amide bonds. The molecule has 2 aromatic rings. The van der Waals surface area contributed by atoms with E-state index in [1.807, 2.05) is 12.1 Å². The first-order valence-electron chi connectivity index (χ1n) is 9.26. The van der Waals surface area contributed by atoms with Gasteiger partial charge in [0, 0.05) is 17.6 Å². The number of ether oxygens (including phenoxy) is 1. The number of amides is 2. The van der Waals surface area contributed by atoms with Crippen molar-refractivity contribution in [3.05, 3.63) is 64.6 Å². The van der Waals surface area contributed by atoms with E-state index in [4.69, 9.17) is 4.74 Å². The minimum Gasteiger partial charge on any atom is -0.497 e. The minimum atomic E-state index is -0.391. The van der Waals surface area contributed by atoms with E-state index in [0.29, 0.717) is 18.0 Å². The Kier molecular flexibility index (Phi) is 5.33. The second-order valence-corrected chi connectivity index (χ2v) is 7.88. The van der Waals surface area contributed by atoms with E-state index in [-0.39, 0.29) is 18.2 Å². The van der Waals surface area contributed by atoms with Crippen molar-refractivity contribution in [3.8, 4) is 5.75 Å². The van der Waals surface area contributed by atoms with Crippen molar-refractivity contribution < 1.29 is 14.3 Å². The average molecular weight is 441 g/mol. The largest absolute Gasteiger partial charge is 0.497 e. The summed E-state index contributed by atoms with van der Waals surface area (Å²) in [5, 5.41) is 0. The minimum absolute atomic E-state index is 0.143. The summed E-state index contributed by atoms with van der Waals surface area (Å²) in [6.07, 6.45) is 3.26. The second kappa shape index (κ2) is 7.89. The molecule has 0 aliphatic carbocycles. The van der Waals surface area contributed by atoms with E-state index in [9.17, 15) is 9.59 Å². The highest BCUT2D eigenvalue weighted by molar-refractivity contribution is 9.10. The van der Waals surface area contributed by atoms with E-state index in [2.05, 4.69) is 39.0 Å². The predicted molar refractivity (Wildman–Crippen MR) is 112 cm³/mol. The normalized spacial score (nSPS) is 20.4. The van der Waals surface area contributed by atoms with Crippen molar-refractivity contribution in [3.63, 3.8) is 0 Å². The first-order chi connectivity index (χ1) is 13.6. The maximum atomic E-state index is 13.0. The molecule has 0 saturated carbocycles. The Morgan fingerprint density at radius 2 is 1.75 bits per heavy atom. The summed E-state index contributed by atoms with van der Waals surface area (Å²) >= 11 is 3.46. The highest BCUT2D eigenvalue weighted by Crippen LogP contribution is 2.30. The molecule has 0 spiro atoms. The molecule has 28 heavy (non-hydrogen) atoms. The van der Waals surface area contributed by atoms with E-state index in [1.54, 1.807) is 31.4 Å². The van der Waals surface area contributed by atoms with Gasteiger partial charge in [-0.1, -0.05) is 34.1 Å². The number of imide groups is 1. The van der Waals surface area contributed by atoms with Crippen molar-refractivity contribution in [1.82, 2.24) is 4.90 Å². The molecule has 2 aliphatic heterocycles. The first kappa shape index (κ1) is 18.9. The van der Waals surface area contributed by atoms with E-state index >= 15 is 0 Å². The Hall–Kier alpha value is -2.44. The molecule has 1 fully saturated rings. The molecule has 144 valence electrons. The van der Waals surface area contributed by atoms with Gasteiger partial charge in [-0.25, -0.2) is 4.90 Å². The number of nitrogens with zero attached hydrogens (tertiary/aromatic N) is 2. The molecule has 1 atom stereocenters. The van der Waals surface area contributed by atoms with Gasteiger partial charge in [0.1, 0.15) is 5.75 Å². The molecule has 5 nitrogen and oxygen atoms in total. The van der Waals surface area contributed by atoms with E-state index in [0.717, 1.165) is 17.4 Å². The van der Waals surface area contributed by atoms with Gasteiger partial charge in [0.25, 0.3) is 5.91 Å². The summed E-state index contributed by atoms with van der Waals surface area (Å²) < 4.78 is 6.21. The molecule has 2 aliphatic rings. The molecule has 6 heteroatoms. The van der Waals surface area contributed by atoms with Crippen LogP contribution in [0.5, 0.6) is 5.75 Å². The van der Waals surface area contributed by atoms with Crippen LogP contribution < -0.4 is 9.64 Å². The summed E-state index contributed by atoms with van der Waals surface area (Å²) in [7, 11) is 1.59. The molecule has 2 aromatic carbocycles. The average Bonchev–Trinajstić information content (AvgIpc) is 3.03. The van der Waals surface area contributed by atoms with Gasteiger partial charge in [0.2, 0.25) is 5.91 Å². The van der Waals surface area contributed by atoms with Crippen molar-refractivity contribution in [1.29, 1.82) is 0 Å². The Balaban J connectivity index is 1.47. The molecule has 0 bridgehead atoms. The third-order valence-electron chi connectivity index (χ3n) is 5.35. The molecule has 0 N–H and O–H groups in total. The molecule has 2 heterocycles. The lowest BCUT2D eigenvalue weighted by Crippen LogP contribution is -2.44. The molecule has 4 rings (SSSR count). The van der Waals surface area contributed by atoms with Gasteiger partial charge >= 0.3 is 0 Å². The number of hydrogen-bond acceptors (Lipinski definition) is 4. The second-order valence-electron chi connectivity index (χ2n) is 6.97. The smallest absolute Gasteiger partial charge is 0.251 e. The number of benzene rings is 2. The van der Waals surface area contributed by atoms with Gasteiger partial charge in [-0.15, -0.1) is 0 Å². The Morgan fingerprint density at radius 1 is 1.04 bits per heavy atom. The Morgan fingerprint density at radius 3 is 2.36 bits per heavy atom. The third kappa shape index (κ3) is 3.62. The SMILES string of the molecule is COc1ccc(N2C(=O)C[C@@H](N3CC=C(c4ccc(Br)cc4)CC3)C2=O)cc1. The van der Waals surface area contributed by atoms with E-state index in [1.165, 1.54) is 16.0 Å². The van der Waals surface area contributed by atoms with Crippen molar-refractivity contribution in [2.24, 2.45) is 0 Å². The van der Waals surface area contributed by atoms with Gasteiger partial charge in [-0.3, -0.25) is 14.5 Å². The quantitative estimate of drug-likeness (QED) is 0.676. The number of methoxy groups -OCH3 is 1. The van der Waals surface area contributed by atoms with Crippen LogP contribution in [0, 0.1) is 0 Å². The van der Waals surface area contributed by atoms with Crippen LogP contribution in [-0.2, 0) is 9.59 Å². The molecular formula is C22H21BrN2O3. The van der Waals surface area contributed by atoms with E-state index < -0.39 is 6.04 Å². The van der Waals surface area contributed by atoms with Crippen molar-refractivity contribution in [2.45, 2.75) is 18.9 Å². The summed E-state index contributed by atoms with van der Waals surface area (Å²) in [4.78, 5) is 28.9. The molecule has 0 aromatic heterocycles. The van der Waals surface area contributed by atoms with Gasteiger partial charge in [0.05, 0.1) is 25.3 Å². The zero-order valence-electron chi connectivity index (χ0n) is 15.6. The van der Waals surface area contributed by atoms with Crippen molar-refractivity contribution >= 4 is 39.0 Å². The standard InChI is InChI=1S/C22H21BrN2O3/c1-28-19-8-6-18(7-9-19)25-21(26)14-20(22(25)27)24-12-10-16(11-13-24)15-2-4-17(23)5-3-15/h2-10,20H,11-14H2,1H3/t20-/m1/s1. The zero-order valence-corrected chi connectivity index (χ0v) is 17.2. The zero-order chi connectivity index (χ0) is 19.7. The fraction of sp³-hybridized carbons (Fsp3) is 0.273. The number of carbonyl (C=O) groups is 2. The van der Waals surface area contributed by atoms with Crippen LogP contribution in [0.1, 0.15) is 18.4 Å². The molecule has 1 saturated heterocycles. The van der Waals surface area contributed by atoms with Crippen molar-refractivity contribution in [2.75, 3.05) is 25.1 Å². The topological polar surface area (TPSA) is 49.9 Å². The predicted octanol–water partition coefficient (Wildman–Crippen LogP) is 3.88. The lowest BCUT2D eigenvalue weighted by molar-refractivity contribution is -0.122. The number of rotatable bonds is 4. The molecule has 0 unspecified atom stereocenters. The van der Waals surface area contributed by atoms with Crippen LogP contribution in [0.4, 0.5) is 5.69 Å². The molecular weight excluding hydrogens is 420 g/mol. The summed E-state index contributed by atoms with van der Waals surface area (Å²) in [6, 6.07) is 14.9. The lowest BCUT2D eigenvalue weighted by Gasteiger charge is -2.30. The first-order valence-corrected chi connectivity index (χ1v) is 10.1. The van der Waals surface area contributed by atoms with Crippen LogP contribution in [0.2, 0.25) is 0 Å².